The molecular weight excluding hydrogens is 318 g/mol. The Morgan fingerprint density at radius 2 is 2.00 bits per heavy atom. The molecule has 0 unspecified atom stereocenters. The van der Waals surface area contributed by atoms with Crippen molar-refractivity contribution in [3.8, 4) is 0 Å². The van der Waals surface area contributed by atoms with Crippen LogP contribution in [-0.2, 0) is 21.4 Å². The van der Waals surface area contributed by atoms with E-state index in [4.69, 9.17) is 10.2 Å². The molecule has 2 rings (SSSR count). The van der Waals surface area contributed by atoms with E-state index in [0.29, 0.717) is 37.9 Å². The second kappa shape index (κ2) is 7.46. The Morgan fingerprint density at radius 1 is 1.35 bits per heavy atom. The van der Waals surface area contributed by atoms with Crippen LogP contribution in [0.25, 0.3) is 0 Å². The van der Waals surface area contributed by atoms with Gasteiger partial charge in [-0.1, -0.05) is 13.8 Å². The highest BCUT2D eigenvalue weighted by atomic mass is 32.2. The molecule has 1 aromatic rings. The fraction of sp³-hybridized carbons (Fsp3) is 0.667. The monoisotopic (exact) mass is 343 g/mol. The summed E-state index contributed by atoms with van der Waals surface area (Å²) in [5, 5.41) is -0.0297. The topological polar surface area (TPSA) is 96.8 Å². The molecule has 0 spiro atoms. The summed E-state index contributed by atoms with van der Waals surface area (Å²) in [6, 6.07) is 3.14. The van der Waals surface area contributed by atoms with Crippen molar-refractivity contribution >= 4 is 15.9 Å². The Balaban J connectivity index is 2.09. The van der Waals surface area contributed by atoms with Crippen molar-refractivity contribution < 1.29 is 17.6 Å². The molecule has 1 aromatic heterocycles. The molecule has 1 aliphatic heterocycles. The maximum Gasteiger partial charge on any atom is 0.276 e. The molecule has 1 aliphatic rings. The predicted octanol–water partition coefficient (Wildman–Crippen LogP) is 1.01. The van der Waals surface area contributed by atoms with Gasteiger partial charge >= 0.3 is 0 Å². The Labute approximate surface area is 137 Å². The Bertz CT molecular complexity index is 633. The minimum absolute atomic E-state index is 0.0297. The first-order valence-electron chi connectivity index (χ1n) is 7.88. The van der Waals surface area contributed by atoms with E-state index in [1.54, 1.807) is 6.07 Å². The van der Waals surface area contributed by atoms with E-state index in [-0.39, 0.29) is 11.6 Å². The van der Waals surface area contributed by atoms with Gasteiger partial charge in [0.2, 0.25) is 11.0 Å². The van der Waals surface area contributed by atoms with Gasteiger partial charge in [-0.15, -0.1) is 0 Å². The molecule has 2 N–H and O–H groups in total. The Kier molecular flexibility index (Phi) is 5.83. The van der Waals surface area contributed by atoms with Gasteiger partial charge in [-0.2, -0.15) is 4.31 Å². The fourth-order valence-electron chi connectivity index (χ4n) is 2.78. The molecular formula is C15H25N3O4S. The van der Waals surface area contributed by atoms with Crippen LogP contribution >= 0.6 is 0 Å². The third-order valence-electron chi connectivity index (χ3n) is 3.68. The summed E-state index contributed by atoms with van der Waals surface area (Å²) >= 11 is 0. The van der Waals surface area contributed by atoms with Crippen molar-refractivity contribution in [3.63, 3.8) is 0 Å². The van der Waals surface area contributed by atoms with E-state index in [0.717, 1.165) is 12.8 Å². The van der Waals surface area contributed by atoms with Crippen LogP contribution in [0.5, 0.6) is 0 Å². The molecule has 0 atom stereocenters. The minimum atomic E-state index is -3.54. The maximum absolute atomic E-state index is 12.4. The van der Waals surface area contributed by atoms with E-state index in [9.17, 15) is 13.2 Å². The Hall–Kier alpha value is -1.38. The van der Waals surface area contributed by atoms with E-state index < -0.39 is 15.9 Å². The highest BCUT2D eigenvalue weighted by molar-refractivity contribution is 7.89. The normalized spacial score (nSPS) is 16.5. The van der Waals surface area contributed by atoms with E-state index >= 15 is 0 Å². The van der Waals surface area contributed by atoms with Crippen LogP contribution in [0.15, 0.2) is 21.6 Å². The molecule has 2 heterocycles. The van der Waals surface area contributed by atoms with Gasteiger partial charge in [-0.05, 0) is 30.9 Å². The number of hydrogen-bond acceptors (Lipinski definition) is 5. The molecule has 1 fully saturated rings. The summed E-state index contributed by atoms with van der Waals surface area (Å²) in [6.07, 6.45) is 1.77. The highest BCUT2D eigenvalue weighted by Gasteiger charge is 2.30. The van der Waals surface area contributed by atoms with Crippen LogP contribution in [0.1, 0.15) is 32.4 Å². The number of nitrogens with zero attached hydrogens (tertiary/aromatic N) is 2. The second-order valence-electron chi connectivity index (χ2n) is 6.36. The van der Waals surface area contributed by atoms with Gasteiger partial charge in [0.25, 0.3) is 10.0 Å². The first-order valence-corrected chi connectivity index (χ1v) is 9.32. The zero-order chi connectivity index (χ0) is 17.0. The second-order valence-corrected chi connectivity index (χ2v) is 8.23. The number of furan rings is 1. The molecule has 8 heteroatoms. The van der Waals surface area contributed by atoms with Crippen LogP contribution in [0, 0.1) is 5.92 Å². The first-order chi connectivity index (χ1) is 10.8. The zero-order valence-electron chi connectivity index (χ0n) is 13.7. The van der Waals surface area contributed by atoms with Crippen LogP contribution in [0.2, 0.25) is 0 Å². The summed E-state index contributed by atoms with van der Waals surface area (Å²) in [4.78, 5) is 13.0. The van der Waals surface area contributed by atoms with Crippen molar-refractivity contribution in [2.45, 2.75) is 38.3 Å². The van der Waals surface area contributed by atoms with Crippen LogP contribution in [0.4, 0.5) is 0 Å². The average Bonchev–Trinajstić information content (AvgIpc) is 3.08. The summed E-state index contributed by atoms with van der Waals surface area (Å²) in [5.41, 5.74) is 5.27. The fourth-order valence-corrected chi connectivity index (χ4v) is 4.23. The minimum Gasteiger partial charge on any atom is -0.447 e. The van der Waals surface area contributed by atoms with Crippen molar-refractivity contribution in [1.82, 2.24) is 9.21 Å². The predicted molar refractivity (Wildman–Crippen MR) is 86.0 cm³/mol. The van der Waals surface area contributed by atoms with Gasteiger partial charge in [0, 0.05) is 19.6 Å². The van der Waals surface area contributed by atoms with Crippen LogP contribution in [-0.4, -0.2) is 49.7 Å². The molecule has 0 aromatic carbocycles. The summed E-state index contributed by atoms with van der Waals surface area (Å²) < 4.78 is 31.8. The number of hydrogen-bond donors (Lipinski definition) is 1. The van der Waals surface area contributed by atoms with Crippen molar-refractivity contribution in [3.05, 3.63) is 17.9 Å². The lowest BCUT2D eigenvalue weighted by atomic mass is 10.2. The number of carbonyl (C=O) groups is 1. The number of carbonyl (C=O) groups excluding carboxylic acids is 1. The lowest BCUT2D eigenvalue weighted by molar-refractivity contribution is -0.119. The molecule has 1 amide bonds. The average molecular weight is 343 g/mol. The first kappa shape index (κ1) is 18.0. The van der Waals surface area contributed by atoms with E-state index in [2.05, 4.69) is 0 Å². The van der Waals surface area contributed by atoms with Crippen molar-refractivity contribution in [2.24, 2.45) is 11.7 Å². The van der Waals surface area contributed by atoms with Crippen LogP contribution < -0.4 is 5.73 Å². The lowest BCUT2D eigenvalue weighted by Crippen LogP contribution is -2.35. The van der Waals surface area contributed by atoms with Gasteiger partial charge in [-0.3, -0.25) is 9.69 Å². The molecule has 0 saturated carbocycles. The smallest absolute Gasteiger partial charge is 0.276 e. The van der Waals surface area contributed by atoms with Crippen molar-refractivity contribution in [2.75, 3.05) is 26.2 Å². The summed E-state index contributed by atoms with van der Waals surface area (Å²) in [5.74, 6) is 0.462. The highest BCUT2D eigenvalue weighted by Crippen LogP contribution is 2.23. The van der Waals surface area contributed by atoms with Gasteiger partial charge in [0.1, 0.15) is 5.76 Å². The number of sulfonamides is 1. The molecule has 1 saturated heterocycles. The van der Waals surface area contributed by atoms with E-state index in [1.165, 1.54) is 10.4 Å². The number of amides is 1. The zero-order valence-corrected chi connectivity index (χ0v) is 14.5. The number of rotatable bonds is 8. The Morgan fingerprint density at radius 3 is 2.57 bits per heavy atom. The largest absolute Gasteiger partial charge is 0.447 e. The third kappa shape index (κ3) is 4.79. The molecule has 130 valence electrons. The third-order valence-corrected chi connectivity index (χ3v) is 5.45. The standard InChI is InChI=1S/C15H25N3O4S/c1-12(2)9-17(11-14(16)19)10-13-5-6-15(22-13)23(20,21)18-7-3-4-8-18/h5-6,12H,3-4,7-11H2,1-2H3,(H2,16,19). The van der Waals surface area contributed by atoms with Gasteiger partial charge in [-0.25, -0.2) is 8.42 Å². The number of primary amides is 1. The lowest BCUT2D eigenvalue weighted by Gasteiger charge is -2.21. The quantitative estimate of drug-likeness (QED) is 0.760. The molecule has 7 nitrogen and oxygen atoms in total. The number of nitrogens with two attached hydrogens (primary N) is 1. The van der Waals surface area contributed by atoms with Gasteiger partial charge < -0.3 is 10.2 Å². The van der Waals surface area contributed by atoms with Crippen LogP contribution in [0.3, 0.4) is 0 Å². The molecule has 0 aliphatic carbocycles. The molecule has 23 heavy (non-hydrogen) atoms. The maximum atomic E-state index is 12.4. The summed E-state index contributed by atoms with van der Waals surface area (Å²) in [7, 11) is -3.54. The van der Waals surface area contributed by atoms with Crippen molar-refractivity contribution in [1.29, 1.82) is 0 Å². The van der Waals surface area contributed by atoms with E-state index in [1.807, 2.05) is 18.7 Å². The van der Waals surface area contributed by atoms with Gasteiger partial charge in [0.15, 0.2) is 0 Å². The molecule has 0 bridgehead atoms. The summed E-state index contributed by atoms with van der Waals surface area (Å²) in [6.45, 7) is 6.32. The molecule has 0 radical (unpaired) electrons. The SMILES string of the molecule is CC(C)CN(CC(N)=O)Cc1ccc(S(=O)(=O)N2CCCC2)o1. The van der Waals surface area contributed by atoms with Gasteiger partial charge in [0.05, 0.1) is 13.1 Å².